The predicted octanol–water partition coefficient (Wildman–Crippen LogP) is 1.68. The molecule has 0 unspecified atom stereocenters. The van der Waals surface area contributed by atoms with Crippen molar-refractivity contribution in [1.82, 2.24) is 20.5 Å². The molecule has 1 fully saturated rings. The Labute approximate surface area is 115 Å². The van der Waals surface area contributed by atoms with Crippen molar-refractivity contribution in [2.75, 3.05) is 0 Å². The Hall–Kier alpha value is -2.24. The maximum absolute atomic E-state index is 12.8. The highest BCUT2D eigenvalue weighted by molar-refractivity contribution is 5.79. The molecule has 2 aromatic rings. The zero-order valence-electron chi connectivity index (χ0n) is 10.9. The zero-order chi connectivity index (χ0) is 14.0. The average Bonchev–Trinajstić information content (AvgIpc) is 2.91. The summed E-state index contributed by atoms with van der Waals surface area (Å²) < 4.78 is 12.8. The lowest BCUT2D eigenvalue weighted by molar-refractivity contribution is -0.123. The number of hydrogen-bond acceptors (Lipinski definition) is 3. The van der Waals surface area contributed by atoms with Crippen LogP contribution >= 0.6 is 0 Å². The average molecular weight is 274 g/mol. The van der Waals surface area contributed by atoms with E-state index < -0.39 is 5.54 Å². The molecule has 1 aliphatic rings. The third-order valence-corrected chi connectivity index (χ3v) is 3.73. The summed E-state index contributed by atoms with van der Waals surface area (Å²) in [6.45, 7) is 0. The molecule has 1 aromatic heterocycles. The van der Waals surface area contributed by atoms with Crippen molar-refractivity contribution < 1.29 is 9.18 Å². The molecule has 0 spiro atoms. The summed E-state index contributed by atoms with van der Waals surface area (Å²) in [5, 5.41) is 9.70. The van der Waals surface area contributed by atoms with E-state index in [-0.39, 0.29) is 18.1 Å². The fourth-order valence-corrected chi connectivity index (χ4v) is 2.49. The van der Waals surface area contributed by atoms with Crippen molar-refractivity contribution in [3.8, 4) is 0 Å². The molecule has 0 atom stereocenters. The molecule has 1 heterocycles. The Morgan fingerprint density at radius 2 is 2.10 bits per heavy atom. The molecule has 0 radical (unpaired) electrons. The summed E-state index contributed by atoms with van der Waals surface area (Å²) in [5.74, 6) is 0.315. The van der Waals surface area contributed by atoms with Gasteiger partial charge < -0.3 is 5.32 Å². The van der Waals surface area contributed by atoms with Crippen LogP contribution in [0.2, 0.25) is 0 Å². The van der Waals surface area contributed by atoms with Crippen molar-refractivity contribution in [3.63, 3.8) is 0 Å². The number of amides is 1. The van der Waals surface area contributed by atoms with E-state index in [1.807, 2.05) is 0 Å². The summed E-state index contributed by atoms with van der Waals surface area (Å²) in [6, 6.07) is 5.96. The molecular formula is C14H15FN4O. The quantitative estimate of drug-likeness (QED) is 0.891. The van der Waals surface area contributed by atoms with Gasteiger partial charge in [0.1, 0.15) is 18.0 Å². The summed E-state index contributed by atoms with van der Waals surface area (Å²) >= 11 is 0. The summed E-state index contributed by atoms with van der Waals surface area (Å²) in [4.78, 5) is 16.3. The van der Waals surface area contributed by atoms with E-state index in [2.05, 4.69) is 20.5 Å². The number of carbonyl (C=O) groups excluding carboxylic acids is 1. The summed E-state index contributed by atoms with van der Waals surface area (Å²) in [5.41, 5.74) is 0.379. The van der Waals surface area contributed by atoms with Gasteiger partial charge in [-0.2, -0.15) is 5.10 Å². The van der Waals surface area contributed by atoms with Gasteiger partial charge in [0.2, 0.25) is 5.91 Å². The molecule has 5 nitrogen and oxygen atoms in total. The van der Waals surface area contributed by atoms with E-state index >= 15 is 0 Å². The van der Waals surface area contributed by atoms with Crippen molar-refractivity contribution >= 4 is 5.91 Å². The van der Waals surface area contributed by atoms with Crippen molar-refractivity contribution in [1.29, 1.82) is 0 Å². The number of hydrogen-bond donors (Lipinski definition) is 2. The molecule has 3 rings (SSSR count). The number of aromatic amines is 1. The van der Waals surface area contributed by atoms with Crippen LogP contribution in [0.4, 0.5) is 4.39 Å². The number of nitrogens with zero attached hydrogens (tertiary/aromatic N) is 2. The lowest BCUT2D eigenvalue weighted by atomic mass is 9.76. The number of aromatic nitrogens is 3. The Balaban J connectivity index is 1.68. The third kappa shape index (κ3) is 2.41. The molecule has 0 aliphatic heterocycles. The van der Waals surface area contributed by atoms with Gasteiger partial charge >= 0.3 is 0 Å². The van der Waals surface area contributed by atoms with E-state index in [4.69, 9.17) is 0 Å². The number of carbonyl (C=O) groups is 1. The highest BCUT2D eigenvalue weighted by atomic mass is 19.1. The van der Waals surface area contributed by atoms with Crippen LogP contribution in [-0.2, 0) is 16.8 Å². The largest absolute Gasteiger partial charge is 0.343 e. The van der Waals surface area contributed by atoms with Crippen LogP contribution in [0.1, 0.15) is 30.7 Å². The highest BCUT2D eigenvalue weighted by Crippen LogP contribution is 2.39. The van der Waals surface area contributed by atoms with Crippen LogP contribution in [-0.4, -0.2) is 21.1 Å². The summed E-state index contributed by atoms with van der Waals surface area (Å²) in [6.07, 6.45) is 4.45. The molecular weight excluding hydrogens is 259 g/mol. The van der Waals surface area contributed by atoms with Gasteiger partial charge in [-0.15, -0.1) is 0 Å². The van der Waals surface area contributed by atoms with Crippen LogP contribution in [0, 0.1) is 5.82 Å². The maximum Gasteiger partial charge on any atom is 0.225 e. The second-order valence-electron chi connectivity index (χ2n) is 5.12. The topological polar surface area (TPSA) is 70.7 Å². The van der Waals surface area contributed by atoms with Gasteiger partial charge in [-0.05, 0) is 37.0 Å². The van der Waals surface area contributed by atoms with Gasteiger partial charge in [0, 0.05) is 0 Å². The Bertz CT molecular complexity index is 590. The van der Waals surface area contributed by atoms with Gasteiger partial charge in [-0.1, -0.05) is 12.1 Å². The van der Waals surface area contributed by atoms with Gasteiger partial charge in [0.15, 0.2) is 0 Å². The maximum atomic E-state index is 12.8. The van der Waals surface area contributed by atoms with Crippen LogP contribution in [0.3, 0.4) is 0 Å². The first-order valence-corrected chi connectivity index (χ1v) is 6.59. The van der Waals surface area contributed by atoms with Crippen molar-refractivity contribution in [2.45, 2.75) is 31.2 Å². The minimum atomic E-state index is -0.409. The molecule has 0 saturated heterocycles. The third-order valence-electron chi connectivity index (χ3n) is 3.73. The molecule has 1 aliphatic carbocycles. The normalized spacial score (nSPS) is 16.4. The van der Waals surface area contributed by atoms with Crippen LogP contribution in [0.15, 0.2) is 30.6 Å². The molecule has 104 valence electrons. The van der Waals surface area contributed by atoms with Gasteiger partial charge in [-0.25, -0.2) is 9.37 Å². The van der Waals surface area contributed by atoms with Crippen LogP contribution < -0.4 is 5.32 Å². The molecule has 0 bridgehead atoms. The molecule has 20 heavy (non-hydrogen) atoms. The molecule has 6 heteroatoms. The molecule has 2 N–H and O–H groups in total. The fraction of sp³-hybridized carbons (Fsp3) is 0.357. The lowest BCUT2D eigenvalue weighted by Gasteiger charge is -2.40. The summed E-state index contributed by atoms with van der Waals surface area (Å²) in [7, 11) is 0. The molecule has 1 aromatic carbocycles. The number of nitrogens with one attached hydrogen (secondary N) is 2. The first kappa shape index (κ1) is 12.8. The van der Waals surface area contributed by atoms with Crippen molar-refractivity contribution in [3.05, 3.63) is 47.8 Å². The van der Waals surface area contributed by atoms with E-state index in [1.165, 1.54) is 18.5 Å². The molecule has 1 amide bonds. The number of benzene rings is 1. The van der Waals surface area contributed by atoms with E-state index in [0.717, 1.165) is 24.8 Å². The van der Waals surface area contributed by atoms with Gasteiger partial charge in [-0.3, -0.25) is 9.89 Å². The van der Waals surface area contributed by atoms with E-state index in [1.54, 1.807) is 12.1 Å². The van der Waals surface area contributed by atoms with Crippen molar-refractivity contribution in [2.24, 2.45) is 0 Å². The van der Waals surface area contributed by atoms with E-state index in [9.17, 15) is 9.18 Å². The monoisotopic (exact) mass is 274 g/mol. The predicted molar refractivity (Wildman–Crippen MR) is 70.2 cm³/mol. The Kier molecular flexibility index (Phi) is 3.22. The molecule has 1 saturated carbocycles. The number of rotatable bonds is 4. The Morgan fingerprint density at radius 1 is 1.35 bits per heavy atom. The second-order valence-corrected chi connectivity index (χ2v) is 5.12. The first-order chi connectivity index (χ1) is 9.68. The SMILES string of the molecule is O=C(Cc1ccc(F)cc1)NC1(c2ncn[nH]2)CCC1. The first-order valence-electron chi connectivity index (χ1n) is 6.59. The van der Waals surface area contributed by atoms with E-state index in [0.29, 0.717) is 5.82 Å². The van der Waals surface area contributed by atoms with Crippen LogP contribution in [0.25, 0.3) is 0 Å². The van der Waals surface area contributed by atoms with Crippen LogP contribution in [0.5, 0.6) is 0 Å². The minimum absolute atomic E-state index is 0.0901. The number of H-pyrrole nitrogens is 1. The highest BCUT2D eigenvalue weighted by Gasteiger charge is 2.42. The van der Waals surface area contributed by atoms with Gasteiger partial charge in [0.25, 0.3) is 0 Å². The van der Waals surface area contributed by atoms with Gasteiger partial charge in [0.05, 0.1) is 12.0 Å². The standard InChI is InChI=1S/C14H15FN4O/c15-11-4-2-10(3-5-11)8-12(20)18-14(6-1-7-14)13-16-9-17-19-13/h2-5,9H,1,6-8H2,(H,18,20)(H,16,17,19). The number of halogens is 1. The lowest BCUT2D eigenvalue weighted by Crippen LogP contribution is -2.52. The smallest absolute Gasteiger partial charge is 0.225 e. The zero-order valence-corrected chi connectivity index (χ0v) is 10.9. The Morgan fingerprint density at radius 3 is 2.65 bits per heavy atom. The second kappa shape index (κ2) is 5.03. The minimum Gasteiger partial charge on any atom is -0.343 e. The fourth-order valence-electron chi connectivity index (χ4n) is 2.49.